The second-order valence-electron chi connectivity index (χ2n) is 4.88. The normalized spacial score (nSPS) is 18.5. The third kappa shape index (κ3) is 2.20. The Kier molecular flexibility index (Phi) is 2.86. The van der Waals surface area contributed by atoms with Crippen molar-refractivity contribution < 1.29 is 9.59 Å². The first-order valence-electron chi connectivity index (χ1n) is 6.32. The van der Waals surface area contributed by atoms with Crippen LogP contribution in [0.15, 0.2) is 23.0 Å². The largest absolute Gasteiger partial charge is 0.399 e. The molecule has 0 bridgehead atoms. The maximum Gasteiger partial charge on any atom is 0.260 e. The molecule has 1 aromatic heterocycles. The van der Waals surface area contributed by atoms with Gasteiger partial charge in [0.15, 0.2) is 0 Å². The van der Waals surface area contributed by atoms with Gasteiger partial charge in [0.25, 0.3) is 11.5 Å². The van der Waals surface area contributed by atoms with Gasteiger partial charge in [0.05, 0.1) is 17.3 Å². The highest BCUT2D eigenvalue weighted by Gasteiger charge is 2.36. The summed E-state index contributed by atoms with van der Waals surface area (Å²) in [6.07, 6.45) is 0.0405. The molecule has 1 aromatic carbocycles. The molecule has 0 spiro atoms. The molecule has 1 aliphatic rings. The maximum atomic E-state index is 12.0. The molecule has 4 N–H and O–H groups in total. The topological polar surface area (TPSA) is 121 Å². The molecule has 0 saturated carbocycles. The van der Waals surface area contributed by atoms with Gasteiger partial charge in [-0.1, -0.05) is 0 Å². The van der Waals surface area contributed by atoms with Crippen LogP contribution in [0.3, 0.4) is 0 Å². The van der Waals surface area contributed by atoms with Crippen molar-refractivity contribution in [3.63, 3.8) is 0 Å². The standard InChI is InChI=1S/C13H13N5O3/c1-18-10(19)5-9(12(18)21)16-13-15-8-3-2-6(14)4-7(8)11(20)17-13/h2-4,9H,5,14H2,1H3,(H2,15,16,17,20). The van der Waals surface area contributed by atoms with E-state index in [4.69, 9.17) is 5.73 Å². The summed E-state index contributed by atoms with van der Waals surface area (Å²) in [5.41, 5.74) is 6.19. The Morgan fingerprint density at radius 1 is 1.38 bits per heavy atom. The molecule has 3 rings (SSSR count). The molecule has 8 nitrogen and oxygen atoms in total. The molecule has 8 heteroatoms. The number of hydrogen-bond donors (Lipinski definition) is 3. The molecule has 21 heavy (non-hydrogen) atoms. The number of carbonyl (C=O) groups is 2. The molecule has 1 unspecified atom stereocenters. The second-order valence-corrected chi connectivity index (χ2v) is 4.88. The summed E-state index contributed by atoms with van der Waals surface area (Å²) in [4.78, 5) is 43.1. The Labute approximate surface area is 119 Å². The fourth-order valence-corrected chi connectivity index (χ4v) is 2.26. The zero-order valence-electron chi connectivity index (χ0n) is 11.2. The van der Waals surface area contributed by atoms with E-state index in [1.807, 2.05) is 0 Å². The molecule has 2 amide bonds. The van der Waals surface area contributed by atoms with Gasteiger partial charge in [0.2, 0.25) is 11.9 Å². The number of imide groups is 1. The number of nitrogens with zero attached hydrogens (tertiary/aromatic N) is 2. The van der Waals surface area contributed by atoms with Crippen LogP contribution < -0.4 is 16.6 Å². The highest BCUT2D eigenvalue weighted by molar-refractivity contribution is 6.06. The van der Waals surface area contributed by atoms with Gasteiger partial charge < -0.3 is 11.1 Å². The number of nitrogens with two attached hydrogens (primary N) is 1. The summed E-state index contributed by atoms with van der Waals surface area (Å²) in [5.74, 6) is -0.466. The third-order valence-electron chi connectivity index (χ3n) is 3.42. The Bertz CT molecular complexity index is 813. The van der Waals surface area contributed by atoms with Crippen molar-refractivity contribution in [2.75, 3.05) is 18.1 Å². The fourth-order valence-electron chi connectivity index (χ4n) is 2.26. The van der Waals surface area contributed by atoms with E-state index in [-0.39, 0.29) is 29.7 Å². The summed E-state index contributed by atoms with van der Waals surface area (Å²) in [6, 6.07) is 4.08. The predicted molar refractivity (Wildman–Crippen MR) is 76.6 cm³/mol. The molecule has 2 aromatic rings. The van der Waals surface area contributed by atoms with E-state index in [2.05, 4.69) is 15.3 Å². The average Bonchev–Trinajstić information content (AvgIpc) is 2.67. The lowest BCUT2D eigenvalue weighted by molar-refractivity contribution is -0.136. The molecular formula is C13H13N5O3. The number of carbonyl (C=O) groups excluding carboxylic acids is 2. The molecule has 0 radical (unpaired) electrons. The zero-order chi connectivity index (χ0) is 15.1. The van der Waals surface area contributed by atoms with E-state index in [1.165, 1.54) is 13.1 Å². The molecule has 1 aliphatic heterocycles. The van der Waals surface area contributed by atoms with E-state index in [0.717, 1.165) is 4.90 Å². The number of likely N-dealkylation sites (N-methyl/N-ethyl adjacent to an activating group) is 1. The zero-order valence-corrected chi connectivity index (χ0v) is 11.2. The number of hydrogen-bond acceptors (Lipinski definition) is 6. The number of anilines is 2. The van der Waals surface area contributed by atoms with Crippen molar-refractivity contribution in [2.24, 2.45) is 0 Å². The van der Waals surface area contributed by atoms with Gasteiger partial charge in [0, 0.05) is 12.7 Å². The molecule has 2 heterocycles. The number of aromatic nitrogens is 2. The van der Waals surface area contributed by atoms with E-state index in [9.17, 15) is 14.4 Å². The number of nitrogen functional groups attached to an aromatic ring is 1. The van der Waals surface area contributed by atoms with Gasteiger partial charge in [-0.25, -0.2) is 4.98 Å². The van der Waals surface area contributed by atoms with Crippen LogP contribution in [0.1, 0.15) is 6.42 Å². The van der Waals surface area contributed by atoms with Crippen molar-refractivity contribution >= 4 is 34.4 Å². The maximum absolute atomic E-state index is 12.0. The van der Waals surface area contributed by atoms with Crippen molar-refractivity contribution in [1.29, 1.82) is 0 Å². The minimum Gasteiger partial charge on any atom is -0.399 e. The Morgan fingerprint density at radius 3 is 2.81 bits per heavy atom. The van der Waals surface area contributed by atoms with Gasteiger partial charge in [-0.2, -0.15) is 0 Å². The van der Waals surface area contributed by atoms with Crippen LogP contribution in [0, 0.1) is 0 Å². The first-order valence-corrected chi connectivity index (χ1v) is 6.32. The number of benzene rings is 1. The lowest BCUT2D eigenvalue weighted by Crippen LogP contribution is -2.32. The number of fused-ring (bicyclic) bond motifs is 1. The van der Waals surface area contributed by atoms with E-state index in [1.54, 1.807) is 12.1 Å². The quantitative estimate of drug-likeness (QED) is 0.514. The van der Waals surface area contributed by atoms with Crippen LogP contribution in [0.2, 0.25) is 0 Å². The lowest BCUT2D eigenvalue weighted by Gasteiger charge is -2.11. The summed E-state index contributed by atoms with van der Waals surface area (Å²) >= 11 is 0. The summed E-state index contributed by atoms with van der Waals surface area (Å²) in [5, 5.41) is 3.16. The van der Waals surface area contributed by atoms with Crippen LogP contribution in [0.25, 0.3) is 10.9 Å². The average molecular weight is 287 g/mol. The van der Waals surface area contributed by atoms with Crippen molar-refractivity contribution in [3.8, 4) is 0 Å². The molecule has 1 atom stereocenters. The first-order chi connectivity index (χ1) is 9.95. The molecule has 108 valence electrons. The Balaban J connectivity index is 1.95. The molecular weight excluding hydrogens is 274 g/mol. The summed E-state index contributed by atoms with van der Waals surface area (Å²) in [7, 11) is 1.42. The lowest BCUT2D eigenvalue weighted by atomic mass is 10.2. The molecule has 1 fully saturated rings. The van der Waals surface area contributed by atoms with Crippen molar-refractivity contribution in [3.05, 3.63) is 28.6 Å². The smallest absolute Gasteiger partial charge is 0.260 e. The molecule has 0 aliphatic carbocycles. The first kappa shape index (κ1) is 13.1. The van der Waals surface area contributed by atoms with E-state index in [0.29, 0.717) is 16.6 Å². The van der Waals surface area contributed by atoms with E-state index < -0.39 is 6.04 Å². The second kappa shape index (κ2) is 4.58. The van der Waals surface area contributed by atoms with Gasteiger partial charge in [-0.15, -0.1) is 0 Å². The Morgan fingerprint density at radius 2 is 2.14 bits per heavy atom. The van der Waals surface area contributed by atoms with Gasteiger partial charge in [0.1, 0.15) is 6.04 Å². The van der Waals surface area contributed by atoms with Gasteiger partial charge >= 0.3 is 0 Å². The number of H-pyrrole nitrogens is 1. The van der Waals surface area contributed by atoms with Crippen LogP contribution in [-0.4, -0.2) is 39.8 Å². The van der Waals surface area contributed by atoms with Gasteiger partial charge in [-0.3, -0.25) is 24.3 Å². The number of nitrogens with one attached hydrogen (secondary N) is 2. The van der Waals surface area contributed by atoms with Crippen molar-refractivity contribution in [1.82, 2.24) is 14.9 Å². The van der Waals surface area contributed by atoms with E-state index >= 15 is 0 Å². The number of aromatic amines is 1. The highest BCUT2D eigenvalue weighted by Crippen LogP contribution is 2.16. The number of rotatable bonds is 2. The fraction of sp³-hybridized carbons (Fsp3) is 0.231. The molecule has 1 saturated heterocycles. The van der Waals surface area contributed by atoms with Crippen LogP contribution in [0.5, 0.6) is 0 Å². The predicted octanol–water partition coefficient (Wildman–Crippen LogP) is -0.326. The highest BCUT2D eigenvalue weighted by atomic mass is 16.2. The number of amides is 2. The summed E-state index contributed by atoms with van der Waals surface area (Å²) in [6.45, 7) is 0. The van der Waals surface area contributed by atoms with Gasteiger partial charge in [-0.05, 0) is 18.2 Å². The van der Waals surface area contributed by atoms with Crippen molar-refractivity contribution in [2.45, 2.75) is 12.5 Å². The number of likely N-dealkylation sites (tertiary alicyclic amines) is 1. The Hall–Kier alpha value is -2.90. The van der Waals surface area contributed by atoms with Crippen LogP contribution in [-0.2, 0) is 9.59 Å². The SMILES string of the molecule is CN1C(=O)CC(Nc2nc3ccc(N)cc3c(=O)[nH]2)C1=O. The minimum absolute atomic E-state index is 0.0405. The monoisotopic (exact) mass is 287 g/mol. The van der Waals surface area contributed by atoms with Crippen LogP contribution >= 0.6 is 0 Å². The third-order valence-corrected chi connectivity index (χ3v) is 3.42. The summed E-state index contributed by atoms with van der Waals surface area (Å²) < 4.78 is 0. The van der Waals surface area contributed by atoms with Crippen LogP contribution in [0.4, 0.5) is 11.6 Å². The minimum atomic E-state index is -0.711.